The molecule has 0 fully saturated rings. The molecule has 1 unspecified atom stereocenters. The predicted octanol–water partition coefficient (Wildman–Crippen LogP) is 2.76. The van der Waals surface area contributed by atoms with E-state index in [0.29, 0.717) is 22.9 Å². The van der Waals surface area contributed by atoms with Gasteiger partial charge < -0.3 is 10.8 Å². The lowest BCUT2D eigenvalue weighted by atomic mass is 10.1. The zero-order chi connectivity index (χ0) is 11.4. The lowest BCUT2D eigenvalue weighted by Gasteiger charge is -2.06. The minimum atomic E-state index is -0.991. The Morgan fingerprint density at radius 2 is 2.00 bits per heavy atom. The van der Waals surface area contributed by atoms with Crippen molar-refractivity contribution in [1.82, 2.24) is 0 Å². The Hall–Kier alpha value is -0.480. The second kappa shape index (κ2) is 6.97. The van der Waals surface area contributed by atoms with Crippen LogP contribution in [0.4, 0.5) is 0 Å². The van der Waals surface area contributed by atoms with E-state index >= 15 is 0 Å². The number of aryl methyl sites for hydroxylation is 1. The van der Waals surface area contributed by atoms with Crippen LogP contribution in [0.5, 0.6) is 0 Å². The Kier molecular flexibility index (Phi) is 6.76. The number of carbonyl (C=O) groups is 1. The van der Waals surface area contributed by atoms with E-state index in [1.165, 1.54) is 0 Å². The van der Waals surface area contributed by atoms with Crippen molar-refractivity contribution in [1.29, 1.82) is 0 Å². The Balaban J connectivity index is 0.00000225. The molecule has 0 aliphatic rings. The maximum atomic E-state index is 10.5. The molecule has 0 aliphatic heterocycles. The van der Waals surface area contributed by atoms with Crippen molar-refractivity contribution in [3.63, 3.8) is 0 Å². The summed E-state index contributed by atoms with van der Waals surface area (Å²) in [5.74, 6) is -0.991. The lowest BCUT2D eigenvalue weighted by molar-refractivity contribution is -0.138. The molecular weight excluding hydrogens is 272 g/mol. The minimum Gasteiger partial charge on any atom is -0.480 e. The molecule has 0 heterocycles. The fraction of sp³-hybridized carbons (Fsp3) is 0.300. The topological polar surface area (TPSA) is 63.3 Å². The molecule has 6 heteroatoms. The van der Waals surface area contributed by atoms with Crippen molar-refractivity contribution in [3.8, 4) is 0 Å². The molecule has 16 heavy (non-hydrogen) atoms. The first-order chi connectivity index (χ1) is 7.00. The maximum absolute atomic E-state index is 10.5. The summed E-state index contributed by atoms with van der Waals surface area (Å²) in [6.45, 7) is 0. The number of nitrogens with two attached hydrogens (primary N) is 1. The van der Waals surface area contributed by atoms with Crippen LogP contribution in [0, 0.1) is 0 Å². The average Bonchev–Trinajstić information content (AvgIpc) is 2.19. The van der Waals surface area contributed by atoms with Gasteiger partial charge in [0.1, 0.15) is 6.04 Å². The predicted molar refractivity (Wildman–Crippen MR) is 67.6 cm³/mol. The zero-order valence-corrected chi connectivity index (χ0v) is 10.6. The van der Waals surface area contributed by atoms with Gasteiger partial charge in [0.25, 0.3) is 0 Å². The van der Waals surface area contributed by atoms with Crippen molar-refractivity contribution < 1.29 is 9.90 Å². The molecule has 1 aromatic carbocycles. The van der Waals surface area contributed by atoms with Crippen molar-refractivity contribution >= 4 is 41.6 Å². The first-order valence-corrected chi connectivity index (χ1v) is 5.18. The van der Waals surface area contributed by atoms with Gasteiger partial charge in [-0.05, 0) is 30.5 Å². The maximum Gasteiger partial charge on any atom is 0.320 e. The van der Waals surface area contributed by atoms with Gasteiger partial charge in [-0.3, -0.25) is 4.79 Å². The second-order valence-electron chi connectivity index (χ2n) is 3.23. The van der Waals surface area contributed by atoms with Crippen molar-refractivity contribution in [2.24, 2.45) is 5.73 Å². The largest absolute Gasteiger partial charge is 0.480 e. The molecule has 3 N–H and O–H groups in total. The van der Waals surface area contributed by atoms with Crippen LogP contribution in [0.2, 0.25) is 10.0 Å². The Bertz CT molecular complexity index is 371. The summed E-state index contributed by atoms with van der Waals surface area (Å²) in [5, 5.41) is 9.55. The summed E-state index contributed by atoms with van der Waals surface area (Å²) in [6, 6.07) is 4.38. The van der Waals surface area contributed by atoms with Gasteiger partial charge in [-0.2, -0.15) is 0 Å². The van der Waals surface area contributed by atoms with Crippen LogP contribution in [0.25, 0.3) is 0 Å². The van der Waals surface area contributed by atoms with E-state index in [2.05, 4.69) is 0 Å². The van der Waals surface area contributed by atoms with Crippen LogP contribution >= 0.6 is 35.6 Å². The van der Waals surface area contributed by atoms with Crippen LogP contribution in [-0.2, 0) is 11.2 Å². The fourth-order valence-electron chi connectivity index (χ4n) is 1.14. The van der Waals surface area contributed by atoms with Gasteiger partial charge in [-0.1, -0.05) is 29.3 Å². The summed E-state index contributed by atoms with van der Waals surface area (Å²) in [5.41, 5.74) is 6.31. The Morgan fingerprint density at radius 1 is 1.38 bits per heavy atom. The minimum absolute atomic E-state index is 0. The monoisotopic (exact) mass is 283 g/mol. The Labute approximate surface area is 110 Å². The third kappa shape index (κ3) is 4.58. The standard InChI is InChI=1S/C10H11Cl2NO2.ClH/c11-7-3-1-6(5-8(7)12)2-4-9(13)10(14)15;/h1,3,5,9H,2,4,13H2,(H,14,15);1H. The van der Waals surface area contributed by atoms with Crippen molar-refractivity contribution in [3.05, 3.63) is 33.8 Å². The van der Waals surface area contributed by atoms with E-state index in [4.69, 9.17) is 34.0 Å². The van der Waals surface area contributed by atoms with E-state index in [-0.39, 0.29) is 12.4 Å². The van der Waals surface area contributed by atoms with Crippen molar-refractivity contribution in [2.75, 3.05) is 0 Å². The van der Waals surface area contributed by atoms with Gasteiger partial charge in [0.15, 0.2) is 0 Å². The first kappa shape index (κ1) is 15.5. The molecule has 0 spiro atoms. The van der Waals surface area contributed by atoms with Gasteiger partial charge in [0.05, 0.1) is 10.0 Å². The zero-order valence-electron chi connectivity index (χ0n) is 8.32. The molecule has 0 amide bonds. The van der Waals surface area contributed by atoms with E-state index < -0.39 is 12.0 Å². The second-order valence-corrected chi connectivity index (χ2v) is 4.05. The number of hydrogen-bond donors (Lipinski definition) is 2. The summed E-state index contributed by atoms with van der Waals surface area (Å²) in [7, 11) is 0. The highest BCUT2D eigenvalue weighted by Gasteiger charge is 2.11. The van der Waals surface area contributed by atoms with E-state index in [1.54, 1.807) is 12.1 Å². The van der Waals surface area contributed by atoms with E-state index in [0.717, 1.165) is 5.56 Å². The average molecular weight is 285 g/mol. The molecule has 1 aromatic rings. The first-order valence-electron chi connectivity index (χ1n) is 4.43. The van der Waals surface area contributed by atoms with Gasteiger partial charge in [-0.15, -0.1) is 12.4 Å². The smallest absolute Gasteiger partial charge is 0.320 e. The molecule has 0 bridgehead atoms. The summed E-state index contributed by atoms with van der Waals surface area (Å²) in [4.78, 5) is 10.5. The highest BCUT2D eigenvalue weighted by atomic mass is 35.5. The molecule has 1 rings (SSSR count). The third-order valence-corrected chi connectivity index (χ3v) is 2.78. The number of aliphatic carboxylic acids is 1. The number of carboxylic acids is 1. The molecule has 1 atom stereocenters. The third-order valence-electron chi connectivity index (χ3n) is 2.05. The SMILES string of the molecule is Cl.NC(CCc1ccc(Cl)c(Cl)c1)C(=O)O. The summed E-state index contributed by atoms with van der Waals surface area (Å²) < 4.78 is 0. The van der Waals surface area contributed by atoms with Crippen LogP contribution in [0.15, 0.2) is 18.2 Å². The number of rotatable bonds is 4. The molecule has 0 aliphatic carbocycles. The van der Waals surface area contributed by atoms with Gasteiger partial charge in [0, 0.05) is 0 Å². The quantitative estimate of drug-likeness (QED) is 0.893. The highest BCUT2D eigenvalue weighted by molar-refractivity contribution is 6.42. The van der Waals surface area contributed by atoms with Gasteiger partial charge >= 0.3 is 5.97 Å². The van der Waals surface area contributed by atoms with Crippen molar-refractivity contribution in [2.45, 2.75) is 18.9 Å². The van der Waals surface area contributed by atoms with Crippen LogP contribution in [-0.4, -0.2) is 17.1 Å². The normalized spacial score (nSPS) is 11.7. The molecule has 0 aromatic heterocycles. The summed E-state index contributed by atoms with van der Waals surface area (Å²) in [6.07, 6.45) is 0.956. The fourth-order valence-corrected chi connectivity index (χ4v) is 1.46. The van der Waals surface area contributed by atoms with Crippen LogP contribution in [0.1, 0.15) is 12.0 Å². The number of carboxylic acid groups (broad SMARTS) is 1. The number of halogens is 3. The van der Waals surface area contributed by atoms with Gasteiger partial charge in [0.2, 0.25) is 0 Å². The van der Waals surface area contributed by atoms with Gasteiger partial charge in [-0.25, -0.2) is 0 Å². The molecule has 3 nitrogen and oxygen atoms in total. The van der Waals surface area contributed by atoms with E-state index in [9.17, 15) is 4.79 Å². The lowest BCUT2D eigenvalue weighted by Crippen LogP contribution is -2.30. The number of benzene rings is 1. The molecule has 0 saturated heterocycles. The van der Waals surface area contributed by atoms with E-state index in [1.807, 2.05) is 6.07 Å². The molecule has 0 radical (unpaired) electrons. The summed E-state index contributed by atoms with van der Waals surface area (Å²) >= 11 is 11.6. The number of hydrogen-bond acceptors (Lipinski definition) is 2. The van der Waals surface area contributed by atoms with Crippen LogP contribution < -0.4 is 5.73 Å². The highest BCUT2D eigenvalue weighted by Crippen LogP contribution is 2.23. The molecular formula is C10H12Cl3NO2. The van der Waals surface area contributed by atoms with Crippen LogP contribution in [0.3, 0.4) is 0 Å². The Morgan fingerprint density at radius 3 is 2.50 bits per heavy atom. The molecule has 0 saturated carbocycles. The molecule has 90 valence electrons.